The van der Waals surface area contributed by atoms with Crippen LogP contribution < -0.4 is 5.32 Å². The molecule has 0 saturated carbocycles. The van der Waals surface area contributed by atoms with Crippen LogP contribution in [0.5, 0.6) is 0 Å². The highest BCUT2D eigenvalue weighted by atomic mass is 19.1. The maximum Gasteiger partial charge on any atom is 0.340 e. The summed E-state index contributed by atoms with van der Waals surface area (Å²) < 4.78 is 18.0. The van der Waals surface area contributed by atoms with Crippen LogP contribution in [0.1, 0.15) is 10.4 Å². The second kappa shape index (κ2) is 6.17. The fraction of sp³-hybridized carbons (Fsp3) is 0.364. The maximum absolute atomic E-state index is 13.3. The number of carboxylic acids is 1. The number of hydrogen-bond acceptors (Lipinski definition) is 4. The molecule has 0 aliphatic rings. The number of nitrogens with one attached hydrogen (secondary N) is 1. The molecule has 0 radical (unpaired) electrons. The first-order chi connectivity index (χ1) is 8.06. The van der Waals surface area contributed by atoms with Gasteiger partial charge in [-0.3, -0.25) is 0 Å². The Kier molecular flexibility index (Phi) is 4.86. The number of benzene rings is 1. The van der Waals surface area contributed by atoms with E-state index >= 15 is 0 Å². The Morgan fingerprint density at radius 2 is 2.29 bits per heavy atom. The Labute approximate surface area is 97.8 Å². The van der Waals surface area contributed by atoms with Crippen LogP contribution in [0.25, 0.3) is 0 Å². The molecule has 6 heteroatoms. The molecule has 0 saturated heterocycles. The number of hydrogen-bond donors (Lipinski definition) is 3. The number of anilines is 1. The minimum atomic E-state index is -1.35. The predicted molar refractivity (Wildman–Crippen MR) is 59.7 cm³/mol. The van der Waals surface area contributed by atoms with Gasteiger partial charge in [0.2, 0.25) is 0 Å². The van der Waals surface area contributed by atoms with Gasteiger partial charge in [-0.2, -0.15) is 0 Å². The molecule has 1 atom stereocenters. The van der Waals surface area contributed by atoms with E-state index in [2.05, 4.69) is 5.32 Å². The molecule has 1 unspecified atom stereocenters. The molecule has 94 valence electrons. The largest absolute Gasteiger partial charge is 0.478 e. The standard InChI is InChI=1S/C11H14FNO4/c1-17-6-7(14)5-13-9-4-2-3-8(12)10(9)11(15)16/h2-4,7,13-14H,5-6H2,1H3,(H,15,16). The van der Waals surface area contributed by atoms with Crippen molar-refractivity contribution in [2.45, 2.75) is 6.10 Å². The fourth-order valence-corrected chi connectivity index (χ4v) is 1.37. The highest BCUT2D eigenvalue weighted by Crippen LogP contribution is 2.18. The number of carbonyl (C=O) groups is 1. The topological polar surface area (TPSA) is 78.8 Å². The summed E-state index contributed by atoms with van der Waals surface area (Å²) in [7, 11) is 1.44. The third kappa shape index (κ3) is 3.69. The molecule has 0 fully saturated rings. The number of ether oxygens (including phenoxy) is 1. The van der Waals surface area contributed by atoms with Crippen molar-refractivity contribution in [3.8, 4) is 0 Å². The molecule has 0 spiro atoms. The molecule has 1 rings (SSSR count). The van der Waals surface area contributed by atoms with E-state index in [0.29, 0.717) is 0 Å². The lowest BCUT2D eigenvalue weighted by molar-refractivity contribution is 0.0689. The normalized spacial score (nSPS) is 12.2. The van der Waals surface area contributed by atoms with E-state index in [0.717, 1.165) is 6.07 Å². The average Bonchev–Trinajstić information content (AvgIpc) is 2.26. The first kappa shape index (κ1) is 13.4. The molecular weight excluding hydrogens is 229 g/mol. The first-order valence-electron chi connectivity index (χ1n) is 4.99. The third-order valence-corrected chi connectivity index (χ3v) is 2.11. The van der Waals surface area contributed by atoms with Gasteiger partial charge in [0.1, 0.15) is 11.4 Å². The molecule has 0 heterocycles. The molecule has 0 aliphatic heterocycles. The highest BCUT2D eigenvalue weighted by molar-refractivity contribution is 5.94. The molecular formula is C11H14FNO4. The second-order valence-corrected chi connectivity index (χ2v) is 3.46. The van der Waals surface area contributed by atoms with Crippen molar-refractivity contribution in [1.29, 1.82) is 0 Å². The van der Waals surface area contributed by atoms with Crippen molar-refractivity contribution in [1.82, 2.24) is 0 Å². The Bertz CT molecular complexity index is 397. The number of aliphatic hydroxyl groups is 1. The van der Waals surface area contributed by atoms with Crippen LogP contribution in [0.3, 0.4) is 0 Å². The maximum atomic E-state index is 13.3. The highest BCUT2D eigenvalue weighted by Gasteiger charge is 2.15. The van der Waals surface area contributed by atoms with E-state index in [1.165, 1.54) is 19.2 Å². The minimum Gasteiger partial charge on any atom is -0.478 e. The van der Waals surface area contributed by atoms with Gasteiger partial charge in [-0.25, -0.2) is 9.18 Å². The van der Waals surface area contributed by atoms with Gasteiger partial charge >= 0.3 is 5.97 Å². The van der Waals surface area contributed by atoms with Crippen molar-refractivity contribution in [3.05, 3.63) is 29.6 Å². The molecule has 5 nitrogen and oxygen atoms in total. The van der Waals surface area contributed by atoms with E-state index in [9.17, 15) is 14.3 Å². The van der Waals surface area contributed by atoms with Crippen LogP contribution in [0, 0.1) is 5.82 Å². The molecule has 1 aromatic carbocycles. The summed E-state index contributed by atoms with van der Waals surface area (Å²) in [5.41, 5.74) is -0.301. The molecule has 0 aromatic heterocycles. The van der Waals surface area contributed by atoms with Crippen molar-refractivity contribution in [2.75, 3.05) is 25.6 Å². The zero-order valence-electron chi connectivity index (χ0n) is 9.31. The second-order valence-electron chi connectivity index (χ2n) is 3.46. The van der Waals surface area contributed by atoms with Gasteiger partial charge < -0.3 is 20.3 Å². The zero-order valence-corrected chi connectivity index (χ0v) is 9.31. The molecule has 0 amide bonds. The quantitative estimate of drug-likeness (QED) is 0.693. The molecule has 17 heavy (non-hydrogen) atoms. The summed E-state index contributed by atoms with van der Waals surface area (Å²) in [6.45, 7) is 0.197. The molecule has 0 aliphatic carbocycles. The Balaban J connectivity index is 2.77. The van der Waals surface area contributed by atoms with Crippen molar-refractivity contribution in [2.24, 2.45) is 0 Å². The van der Waals surface area contributed by atoms with Crippen LogP contribution in [-0.2, 0) is 4.74 Å². The minimum absolute atomic E-state index is 0.0809. The van der Waals surface area contributed by atoms with Gasteiger partial charge in [0.25, 0.3) is 0 Å². The van der Waals surface area contributed by atoms with E-state index in [4.69, 9.17) is 9.84 Å². The van der Waals surface area contributed by atoms with Crippen LogP contribution in [0.15, 0.2) is 18.2 Å². The van der Waals surface area contributed by atoms with Gasteiger partial charge in [-0.05, 0) is 12.1 Å². The van der Waals surface area contributed by atoms with Crippen LogP contribution in [0.4, 0.5) is 10.1 Å². The van der Waals surface area contributed by atoms with Crippen LogP contribution in [-0.4, -0.2) is 42.5 Å². The lowest BCUT2D eigenvalue weighted by Crippen LogP contribution is -2.25. The number of methoxy groups -OCH3 is 1. The molecule has 3 N–H and O–H groups in total. The third-order valence-electron chi connectivity index (χ3n) is 2.11. The first-order valence-corrected chi connectivity index (χ1v) is 4.99. The summed E-state index contributed by atoms with van der Waals surface area (Å²) in [6.07, 6.45) is -0.787. The number of aliphatic hydroxyl groups excluding tert-OH is 1. The van der Waals surface area contributed by atoms with Gasteiger partial charge in [0, 0.05) is 13.7 Å². The van der Waals surface area contributed by atoms with E-state index in [1.807, 2.05) is 0 Å². The lowest BCUT2D eigenvalue weighted by Gasteiger charge is -2.13. The SMILES string of the molecule is COCC(O)CNc1cccc(F)c1C(=O)O. The predicted octanol–water partition coefficient (Wildman–Crippen LogP) is 0.943. The molecule has 0 bridgehead atoms. The number of rotatable bonds is 6. The van der Waals surface area contributed by atoms with Gasteiger partial charge in [-0.15, -0.1) is 0 Å². The Morgan fingerprint density at radius 1 is 1.59 bits per heavy atom. The molecule has 1 aromatic rings. The van der Waals surface area contributed by atoms with Crippen molar-refractivity contribution >= 4 is 11.7 Å². The lowest BCUT2D eigenvalue weighted by atomic mass is 10.1. The summed E-state index contributed by atoms with van der Waals surface area (Å²) in [4.78, 5) is 10.8. The number of halogens is 1. The number of aromatic carboxylic acids is 1. The Morgan fingerprint density at radius 3 is 2.88 bits per heavy atom. The summed E-state index contributed by atoms with van der Waals surface area (Å²) in [6, 6.07) is 3.90. The van der Waals surface area contributed by atoms with E-state index in [1.54, 1.807) is 0 Å². The zero-order chi connectivity index (χ0) is 12.8. The number of carboxylic acid groups (broad SMARTS) is 1. The summed E-state index contributed by atoms with van der Waals surface area (Å²) >= 11 is 0. The van der Waals surface area contributed by atoms with Crippen molar-refractivity contribution in [3.63, 3.8) is 0 Å². The van der Waals surface area contributed by atoms with Gasteiger partial charge in [0.05, 0.1) is 18.4 Å². The van der Waals surface area contributed by atoms with Gasteiger partial charge in [0.15, 0.2) is 0 Å². The Hall–Kier alpha value is -1.66. The van der Waals surface area contributed by atoms with Crippen molar-refractivity contribution < 1.29 is 24.1 Å². The fourth-order valence-electron chi connectivity index (χ4n) is 1.37. The average molecular weight is 243 g/mol. The van der Waals surface area contributed by atoms with E-state index < -0.39 is 23.5 Å². The summed E-state index contributed by atoms with van der Waals surface area (Å²) in [5.74, 6) is -2.17. The van der Waals surface area contributed by atoms with Gasteiger partial charge in [-0.1, -0.05) is 6.07 Å². The smallest absolute Gasteiger partial charge is 0.340 e. The van der Waals surface area contributed by atoms with Crippen LogP contribution >= 0.6 is 0 Å². The van der Waals surface area contributed by atoms with Crippen LogP contribution in [0.2, 0.25) is 0 Å². The van der Waals surface area contributed by atoms with E-state index in [-0.39, 0.29) is 18.8 Å². The monoisotopic (exact) mass is 243 g/mol. The summed E-state index contributed by atoms with van der Waals surface area (Å²) in [5, 5.41) is 20.9.